The van der Waals surface area contributed by atoms with Gasteiger partial charge in [0.05, 0.1) is 37.1 Å². The van der Waals surface area contributed by atoms with Crippen molar-refractivity contribution in [2.24, 2.45) is 5.92 Å². The number of methoxy groups -OCH3 is 1. The maximum absolute atomic E-state index is 13.5. The second-order valence-electron chi connectivity index (χ2n) is 8.40. The molecule has 1 aromatic carbocycles. The molecular weight excluding hydrogens is 429 g/mol. The SMILES string of the molecule is C=C1C[C@H]2C(C)N(C(=O)OBBO)c3cc(OCCC(C)CP)c(OC)cc3C(=O)N2C1. The highest BCUT2D eigenvalue weighted by atomic mass is 31.0. The molecule has 8 nitrogen and oxygen atoms in total. The Morgan fingerprint density at radius 2 is 2.16 bits per heavy atom. The van der Waals surface area contributed by atoms with Crippen LogP contribution in [-0.4, -0.2) is 75.2 Å². The molecule has 0 radical (unpaired) electrons. The molecule has 0 aromatic heterocycles. The molecule has 0 saturated carbocycles. The summed E-state index contributed by atoms with van der Waals surface area (Å²) in [6, 6.07) is 2.74. The fraction of sp³-hybridized carbons (Fsp3) is 0.524. The third kappa shape index (κ3) is 4.91. The van der Waals surface area contributed by atoms with Gasteiger partial charge in [-0.1, -0.05) is 19.1 Å². The van der Waals surface area contributed by atoms with Gasteiger partial charge in [0.1, 0.15) is 0 Å². The number of nitrogens with zero attached hydrogens (tertiary/aromatic N) is 2. The number of carbonyl (C=O) groups is 2. The topological polar surface area (TPSA) is 88.5 Å². The number of ether oxygens (including phenoxy) is 2. The fourth-order valence-corrected chi connectivity index (χ4v) is 4.41. The molecule has 1 aromatic rings. The maximum atomic E-state index is 13.5. The van der Waals surface area contributed by atoms with Gasteiger partial charge in [-0.05, 0) is 37.9 Å². The minimum Gasteiger partial charge on any atom is -0.529 e. The molecule has 0 spiro atoms. The van der Waals surface area contributed by atoms with Crippen LogP contribution >= 0.6 is 9.24 Å². The third-order valence-corrected chi connectivity index (χ3v) is 6.88. The van der Waals surface area contributed by atoms with Crippen molar-refractivity contribution < 1.29 is 28.7 Å². The fourth-order valence-electron chi connectivity index (χ4n) is 4.18. The Morgan fingerprint density at radius 1 is 1.41 bits per heavy atom. The Hall–Kier alpha value is -2.18. The Kier molecular flexibility index (Phi) is 8.12. The lowest BCUT2D eigenvalue weighted by Gasteiger charge is -2.33. The first-order chi connectivity index (χ1) is 15.3. The van der Waals surface area contributed by atoms with Crippen LogP contribution in [0.4, 0.5) is 10.5 Å². The van der Waals surface area contributed by atoms with Gasteiger partial charge in [-0.15, -0.1) is 9.24 Å². The first-order valence-corrected chi connectivity index (χ1v) is 11.7. The normalized spacial score (nSPS) is 20.8. The van der Waals surface area contributed by atoms with Gasteiger partial charge < -0.3 is 24.1 Å². The summed E-state index contributed by atoms with van der Waals surface area (Å²) in [7, 11) is 3.85. The van der Waals surface area contributed by atoms with E-state index in [1.165, 1.54) is 12.0 Å². The molecular formula is C21H31B2N2O6P. The van der Waals surface area contributed by atoms with Crippen LogP contribution in [0.5, 0.6) is 11.5 Å². The molecule has 2 heterocycles. The largest absolute Gasteiger partial charge is 0.529 e. The van der Waals surface area contributed by atoms with Crippen LogP contribution in [0.2, 0.25) is 0 Å². The molecule has 1 N–H and O–H groups in total. The zero-order valence-corrected chi connectivity index (χ0v) is 20.2. The van der Waals surface area contributed by atoms with Crippen molar-refractivity contribution in [1.29, 1.82) is 0 Å². The van der Waals surface area contributed by atoms with E-state index >= 15 is 0 Å². The van der Waals surface area contributed by atoms with Gasteiger partial charge in [-0.25, -0.2) is 4.79 Å². The van der Waals surface area contributed by atoms with Gasteiger partial charge in [0, 0.05) is 12.6 Å². The van der Waals surface area contributed by atoms with Crippen LogP contribution in [0.15, 0.2) is 24.3 Å². The number of anilines is 1. The number of hydrogen-bond donors (Lipinski definition) is 1. The van der Waals surface area contributed by atoms with Gasteiger partial charge in [-0.3, -0.25) is 9.69 Å². The number of benzene rings is 1. The minimum atomic E-state index is -0.618. The van der Waals surface area contributed by atoms with Crippen LogP contribution in [0.25, 0.3) is 0 Å². The second kappa shape index (κ2) is 10.6. The van der Waals surface area contributed by atoms with Crippen LogP contribution in [-0.2, 0) is 4.65 Å². The molecule has 1 saturated heterocycles. The zero-order valence-electron chi connectivity index (χ0n) is 19.0. The molecule has 32 heavy (non-hydrogen) atoms. The Morgan fingerprint density at radius 3 is 2.81 bits per heavy atom. The lowest BCUT2D eigenvalue weighted by atomic mass is 9.65. The quantitative estimate of drug-likeness (QED) is 0.361. The van der Waals surface area contributed by atoms with E-state index < -0.39 is 6.09 Å². The monoisotopic (exact) mass is 460 g/mol. The summed E-state index contributed by atoms with van der Waals surface area (Å²) in [5.41, 5.74) is 1.70. The van der Waals surface area contributed by atoms with Crippen molar-refractivity contribution >= 4 is 41.7 Å². The Labute approximate surface area is 193 Å². The summed E-state index contributed by atoms with van der Waals surface area (Å²) in [5, 5.41) is 9.12. The first-order valence-electron chi connectivity index (χ1n) is 10.9. The van der Waals surface area contributed by atoms with Crippen LogP contribution < -0.4 is 14.4 Å². The number of hydrogen-bond acceptors (Lipinski definition) is 6. The van der Waals surface area contributed by atoms with E-state index in [1.807, 2.05) is 6.92 Å². The lowest BCUT2D eigenvalue weighted by Crippen LogP contribution is -2.49. The van der Waals surface area contributed by atoms with E-state index in [9.17, 15) is 9.59 Å². The van der Waals surface area contributed by atoms with Gasteiger partial charge in [0.15, 0.2) is 11.5 Å². The highest BCUT2D eigenvalue weighted by Crippen LogP contribution is 2.42. The van der Waals surface area contributed by atoms with Crippen molar-refractivity contribution in [2.75, 3.05) is 31.3 Å². The van der Waals surface area contributed by atoms with E-state index in [-0.39, 0.29) is 32.7 Å². The minimum absolute atomic E-state index is 0.126. The van der Waals surface area contributed by atoms with Crippen molar-refractivity contribution in [1.82, 2.24) is 4.90 Å². The second-order valence-corrected chi connectivity index (χ2v) is 8.87. The van der Waals surface area contributed by atoms with Crippen molar-refractivity contribution in [3.63, 3.8) is 0 Å². The number of amides is 2. The zero-order chi connectivity index (χ0) is 23.4. The molecule has 1 fully saturated rings. The summed E-state index contributed by atoms with van der Waals surface area (Å²) in [6.45, 7) is 9.01. The Bertz CT molecular complexity index is 886. The predicted molar refractivity (Wildman–Crippen MR) is 130 cm³/mol. The summed E-state index contributed by atoms with van der Waals surface area (Å²) in [4.78, 5) is 29.8. The number of fused-ring (bicyclic) bond motifs is 2. The summed E-state index contributed by atoms with van der Waals surface area (Å²) in [6.07, 6.45) is 1.83. The average molecular weight is 460 g/mol. The van der Waals surface area contributed by atoms with Gasteiger partial charge in [0.25, 0.3) is 13.3 Å². The van der Waals surface area contributed by atoms with Crippen LogP contribution in [0.3, 0.4) is 0 Å². The van der Waals surface area contributed by atoms with Crippen molar-refractivity contribution in [3.8, 4) is 11.5 Å². The molecule has 11 heteroatoms. The number of carbonyl (C=O) groups excluding carboxylic acids is 2. The molecule has 3 rings (SSSR count). The Balaban J connectivity index is 2.05. The van der Waals surface area contributed by atoms with Gasteiger partial charge >= 0.3 is 13.5 Å². The summed E-state index contributed by atoms with van der Waals surface area (Å²) < 4.78 is 16.8. The van der Waals surface area contributed by atoms with Crippen molar-refractivity contribution in [3.05, 3.63) is 29.8 Å². The third-order valence-electron chi connectivity index (χ3n) is 6.07. The summed E-state index contributed by atoms with van der Waals surface area (Å²) in [5.74, 6) is 1.20. The molecule has 2 aliphatic heterocycles. The standard InChI is InChI=1S/C21H31B2N2O6P/c1-12(11-32)5-6-30-19-9-17-15(8-18(19)29-4)20(26)24-10-13(2)7-16(24)14(3)25(17)21(27)31-23-22-28/h8-9,12,14,16,22-23,28H,2,5-7,10-11,32H2,1,3-4H3/t12?,14?,16-/m0/s1. The van der Waals surface area contributed by atoms with E-state index in [1.54, 1.807) is 17.0 Å². The van der Waals surface area contributed by atoms with Crippen LogP contribution in [0.1, 0.15) is 37.0 Å². The lowest BCUT2D eigenvalue weighted by molar-refractivity contribution is 0.0732. The molecule has 0 bridgehead atoms. The smallest absolute Gasteiger partial charge is 0.396 e. The van der Waals surface area contributed by atoms with E-state index in [4.69, 9.17) is 19.2 Å². The molecule has 172 valence electrons. The van der Waals surface area contributed by atoms with E-state index in [0.717, 1.165) is 18.2 Å². The predicted octanol–water partition coefficient (Wildman–Crippen LogP) is 1.70. The van der Waals surface area contributed by atoms with Crippen molar-refractivity contribution in [2.45, 2.75) is 38.8 Å². The molecule has 2 aliphatic rings. The van der Waals surface area contributed by atoms with E-state index in [0.29, 0.717) is 48.2 Å². The highest BCUT2D eigenvalue weighted by molar-refractivity contribution is 7.16. The number of rotatable bonds is 8. The molecule has 2 amide bonds. The molecule has 3 unspecified atom stereocenters. The van der Waals surface area contributed by atoms with E-state index in [2.05, 4.69) is 22.7 Å². The van der Waals surface area contributed by atoms with Crippen LogP contribution in [0, 0.1) is 5.92 Å². The molecule has 4 atom stereocenters. The average Bonchev–Trinajstić information content (AvgIpc) is 3.15. The van der Waals surface area contributed by atoms with Gasteiger partial charge in [0.2, 0.25) is 0 Å². The maximum Gasteiger partial charge on any atom is 0.396 e. The first kappa shape index (κ1) is 24.5. The summed E-state index contributed by atoms with van der Waals surface area (Å²) >= 11 is 0. The highest BCUT2D eigenvalue weighted by Gasteiger charge is 2.44. The molecule has 0 aliphatic carbocycles. The van der Waals surface area contributed by atoms with Gasteiger partial charge in [-0.2, -0.15) is 0 Å².